The summed E-state index contributed by atoms with van der Waals surface area (Å²) >= 11 is 0. The largest absolute Gasteiger partial charge is 0.465 e. The van der Waals surface area contributed by atoms with Gasteiger partial charge in [0.15, 0.2) is 0 Å². The minimum atomic E-state index is -1.11. The van der Waals surface area contributed by atoms with Gasteiger partial charge in [0.25, 0.3) is 0 Å². The molecule has 7 nitrogen and oxygen atoms in total. The first-order valence-electron chi connectivity index (χ1n) is 7.64. The van der Waals surface area contributed by atoms with Crippen molar-refractivity contribution >= 4 is 12.0 Å². The molecule has 1 amide bonds. The van der Waals surface area contributed by atoms with Gasteiger partial charge in [-0.15, -0.1) is 0 Å². The second-order valence-corrected chi connectivity index (χ2v) is 5.71. The van der Waals surface area contributed by atoms with Crippen molar-refractivity contribution < 1.29 is 23.8 Å². The van der Waals surface area contributed by atoms with Crippen LogP contribution in [0.5, 0.6) is 0 Å². The van der Waals surface area contributed by atoms with Crippen molar-refractivity contribution in [1.82, 2.24) is 15.3 Å². The zero-order chi connectivity index (χ0) is 18.0. The molecule has 1 aromatic carbocycles. The van der Waals surface area contributed by atoms with E-state index < -0.39 is 24.3 Å². The highest BCUT2D eigenvalue weighted by Gasteiger charge is 2.26. The van der Waals surface area contributed by atoms with Crippen molar-refractivity contribution in [1.29, 1.82) is 0 Å². The van der Waals surface area contributed by atoms with Crippen LogP contribution in [0.3, 0.4) is 0 Å². The Labute approximate surface area is 142 Å². The summed E-state index contributed by atoms with van der Waals surface area (Å²) in [4.78, 5) is 20.9. The molecular formula is C16H16F2N4O3. The number of carbonyl (C=O) groups is 1. The molecule has 132 valence electrons. The fraction of sp³-hybridized carbons (Fsp3) is 0.312. The van der Waals surface area contributed by atoms with Crippen molar-refractivity contribution in [3.05, 3.63) is 41.6 Å². The number of nitrogens with zero attached hydrogens (tertiary/aromatic N) is 3. The summed E-state index contributed by atoms with van der Waals surface area (Å²) in [5, 5.41) is 20.6. The number of benzene rings is 1. The number of carboxylic acid groups (broad SMARTS) is 1. The molecule has 25 heavy (non-hydrogen) atoms. The molecule has 0 spiro atoms. The molecule has 0 bridgehead atoms. The molecule has 1 aliphatic rings. The molecule has 0 aliphatic carbocycles. The highest BCUT2D eigenvalue weighted by molar-refractivity contribution is 5.66. The minimum Gasteiger partial charge on any atom is -0.465 e. The van der Waals surface area contributed by atoms with Crippen LogP contribution in [0.2, 0.25) is 0 Å². The molecule has 2 heterocycles. The first-order valence-corrected chi connectivity index (χ1v) is 7.64. The predicted octanol–water partition coefficient (Wildman–Crippen LogP) is 1.76. The molecule has 1 aliphatic heterocycles. The molecule has 1 fully saturated rings. The molecule has 0 saturated carbocycles. The summed E-state index contributed by atoms with van der Waals surface area (Å²) in [7, 11) is 0. The van der Waals surface area contributed by atoms with Crippen LogP contribution in [0.4, 0.5) is 19.5 Å². The predicted molar refractivity (Wildman–Crippen MR) is 85.1 cm³/mol. The summed E-state index contributed by atoms with van der Waals surface area (Å²) in [5.74, 6) is -1.01. The van der Waals surface area contributed by atoms with E-state index in [0.29, 0.717) is 19.5 Å². The molecule has 9 heteroatoms. The van der Waals surface area contributed by atoms with E-state index in [9.17, 15) is 18.7 Å². The Morgan fingerprint density at radius 3 is 2.92 bits per heavy atom. The first kappa shape index (κ1) is 17.0. The van der Waals surface area contributed by atoms with E-state index in [-0.39, 0.29) is 28.8 Å². The lowest BCUT2D eigenvalue weighted by Gasteiger charge is -2.18. The van der Waals surface area contributed by atoms with Gasteiger partial charge in [-0.1, -0.05) is 0 Å². The quantitative estimate of drug-likeness (QED) is 0.777. The van der Waals surface area contributed by atoms with E-state index in [4.69, 9.17) is 5.11 Å². The Hall–Kier alpha value is -2.81. The van der Waals surface area contributed by atoms with Crippen molar-refractivity contribution in [3.8, 4) is 11.3 Å². The molecule has 3 rings (SSSR count). The fourth-order valence-corrected chi connectivity index (χ4v) is 2.81. The molecule has 1 atom stereocenters. The van der Waals surface area contributed by atoms with Crippen LogP contribution in [0.25, 0.3) is 11.3 Å². The summed E-state index contributed by atoms with van der Waals surface area (Å²) in [5.41, 5.74) is 0.318. The van der Waals surface area contributed by atoms with Crippen LogP contribution in [-0.4, -0.2) is 45.4 Å². The maximum absolute atomic E-state index is 14.1. The van der Waals surface area contributed by atoms with E-state index in [2.05, 4.69) is 15.3 Å². The van der Waals surface area contributed by atoms with Gasteiger partial charge in [0.05, 0.1) is 18.3 Å². The third-order valence-corrected chi connectivity index (χ3v) is 4.00. The van der Waals surface area contributed by atoms with Gasteiger partial charge in [-0.25, -0.2) is 23.5 Å². The van der Waals surface area contributed by atoms with E-state index >= 15 is 0 Å². The van der Waals surface area contributed by atoms with Crippen LogP contribution in [-0.2, 0) is 6.61 Å². The van der Waals surface area contributed by atoms with Crippen molar-refractivity contribution in [2.45, 2.75) is 19.1 Å². The molecular weight excluding hydrogens is 334 g/mol. The number of hydrogen-bond acceptors (Lipinski definition) is 5. The second-order valence-electron chi connectivity index (χ2n) is 5.71. The fourth-order valence-electron chi connectivity index (χ4n) is 2.81. The number of anilines is 1. The Kier molecular flexibility index (Phi) is 4.75. The second kappa shape index (κ2) is 6.98. The van der Waals surface area contributed by atoms with Crippen molar-refractivity contribution in [2.75, 3.05) is 18.0 Å². The Morgan fingerprint density at radius 1 is 1.40 bits per heavy atom. The third-order valence-electron chi connectivity index (χ3n) is 4.00. The number of halogens is 2. The monoisotopic (exact) mass is 350 g/mol. The maximum atomic E-state index is 14.1. The number of hydrogen-bond donors (Lipinski definition) is 3. The van der Waals surface area contributed by atoms with Crippen LogP contribution in [0, 0.1) is 11.6 Å². The summed E-state index contributed by atoms with van der Waals surface area (Å²) < 4.78 is 27.6. The highest BCUT2D eigenvalue weighted by Crippen LogP contribution is 2.28. The smallest absolute Gasteiger partial charge is 0.404 e. The number of aliphatic hydroxyl groups is 1. The average Bonchev–Trinajstić information content (AvgIpc) is 3.04. The highest BCUT2D eigenvalue weighted by atomic mass is 19.1. The maximum Gasteiger partial charge on any atom is 0.404 e. The van der Waals surface area contributed by atoms with Gasteiger partial charge in [-0.2, -0.15) is 0 Å². The first-order chi connectivity index (χ1) is 12.0. The standard InChI is InChI=1S/C16H16F2N4O3/c17-10-1-2-13(18)12(5-10)14-9(8-23)6-19-15(21-14)22-4-3-11(7-22)20-16(24)25/h1-2,5-6,11,20,23H,3-4,7-8H2,(H,24,25). The van der Waals surface area contributed by atoms with Gasteiger partial charge < -0.3 is 20.4 Å². The SMILES string of the molecule is O=C(O)NC1CCN(c2ncc(CO)c(-c3cc(F)ccc3F)n2)C1. The minimum absolute atomic E-state index is 0.0629. The van der Waals surface area contributed by atoms with Crippen LogP contribution in [0.15, 0.2) is 24.4 Å². The number of amides is 1. The Bertz CT molecular complexity index is 803. The zero-order valence-corrected chi connectivity index (χ0v) is 13.1. The summed E-state index contributed by atoms with van der Waals surface area (Å²) in [6, 6.07) is 2.76. The number of aromatic nitrogens is 2. The summed E-state index contributed by atoms with van der Waals surface area (Å²) in [6.45, 7) is 0.471. The molecule has 1 unspecified atom stereocenters. The van der Waals surface area contributed by atoms with Crippen molar-refractivity contribution in [2.24, 2.45) is 0 Å². The zero-order valence-electron chi connectivity index (χ0n) is 13.1. The molecule has 2 aromatic rings. The van der Waals surface area contributed by atoms with Crippen LogP contribution >= 0.6 is 0 Å². The Balaban J connectivity index is 1.93. The van der Waals surface area contributed by atoms with Gasteiger partial charge in [0.1, 0.15) is 11.6 Å². The van der Waals surface area contributed by atoms with Gasteiger partial charge in [0.2, 0.25) is 5.95 Å². The lowest BCUT2D eigenvalue weighted by atomic mass is 10.1. The lowest BCUT2D eigenvalue weighted by Crippen LogP contribution is -2.36. The number of nitrogens with one attached hydrogen (secondary N) is 1. The van der Waals surface area contributed by atoms with E-state index in [1.165, 1.54) is 6.20 Å². The van der Waals surface area contributed by atoms with Gasteiger partial charge in [-0.05, 0) is 24.6 Å². The van der Waals surface area contributed by atoms with Crippen LogP contribution in [0.1, 0.15) is 12.0 Å². The number of rotatable bonds is 4. The number of aliphatic hydroxyl groups excluding tert-OH is 1. The van der Waals surface area contributed by atoms with E-state index in [1.54, 1.807) is 4.90 Å². The van der Waals surface area contributed by atoms with Crippen LogP contribution < -0.4 is 10.2 Å². The molecule has 1 saturated heterocycles. The topological polar surface area (TPSA) is 98.6 Å². The van der Waals surface area contributed by atoms with Gasteiger partial charge >= 0.3 is 6.09 Å². The summed E-state index contributed by atoms with van der Waals surface area (Å²) in [6.07, 6.45) is 0.840. The lowest BCUT2D eigenvalue weighted by molar-refractivity contribution is 0.191. The molecule has 3 N–H and O–H groups in total. The Morgan fingerprint density at radius 2 is 2.20 bits per heavy atom. The van der Waals surface area contributed by atoms with E-state index in [1.807, 2.05) is 0 Å². The van der Waals surface area contributed by atoms with Gasteiger partial charge in [0, 0.05) is 30.4 Å². The third kappa shape index (κ3) is 3.66. The molecule has 0 radical (unpaired) electrons. The van der Waals surface area contributed by atoms with E-state index in [0.717, 1.165) is 18.2 Å². The van der Waals surface area contributed by atoms with Crippen molar-refractivity contribution in [3.63, 3.8) is 0 Å². The normalized spacial score (nSPS) is 16.9. The molecule has 1 aromatic heterocycles. The van der Waals surface area contributed by atoms with Gasteiger partial charge in [-0.3, -0.25) is 0 Å². The average molecular weight is 350 g/mol.